The predicted octanol–water partition coefficient (Wildman–Crippen LogP) is 1.21. The van der Waals surface area contributed by atoms with E-state index in [0.717, 1.165) is 51.4 Å². The van der Waals surface area contributed by atoms with E-state index in [9.17, 15) is 5.11 Å². The summed E-state index contributed by atoms with van der Waals surface area (Å²) in [5.41, 5.74) is 2.24. The molecule has 4 nitrogen and oxygen atoms in total. The molecule has 0 aliphatic carbocycles. The first-order chi connectivity index (χ1) is 10.1. The molecule has 0 spiro atoms. The van der Waals surface area contributed by atoms with Crippen LogP contribution >= 0.6 is 0 Å². The van der Waals surface area contributed by atoms with Crippen molar-refractivity contribution in [2.75, 3.05) is 59.9 Å². The summed E-state index contributed by atoms with van der Waals surface area (Å²) in [5, 5.41) is 10.4. The van der Waals surface area contributed by atoms with Gasteiger partial charge in [0.2, 0.25) is 0 Å². The van der Waals surface area contributed by atoms with Gasteiger partial charge in [-0.3, -0.25) is 9.80 Å². The van der Waals surface area contributed by atoms with Gasteiger partial charge >= 0.3 is 0 Å². The van der Waals surface area contributed by atoms with E-state index in [1.807, 2.05) is 18.2 Å². The Morgan fingerprint density at radius 1 is 1.10 bits per heavy atom. The Hall–Kier alpha value is -0.940. The Morgan fingerprint density at radius 3 is 2.33 bits per heavy atom. The summed E-state index contributed by atoms with van der Waals surface area (Å²) in [6, 6.07) is 8.13. The number of likely N-dealkylation sites (N-methyl/N-ethyl adjacent to an activating group) is 1. The molecule has 1 fully saturated rings. The summed E-state index contributed by atoms with van der Waals surface area (Å²) in [7, 11) is 4.24. The molecule has 1 saturated heterocycles. The maximum atomic E-state index is 10.4. The third-order valence-corrected chi connectivity index (χ3v) is 4.31. The lowest BCUT2D eigenvalue weighted by atomic mass is 10.0. The molecule has 1 heterocycles. The number of rotatable bonds is 6. The number of hydrogen-bond donors (Lipinski definition) is 1. The maximum Gasteiger partial charge on any atom is 0.0919 e. The van der Waals surface area contributed by atoms with Gasteiger partial charge in [-0.15, -0.1) is 0 Å². The fraction of sp³-hybridized carbons (Fsp3) is 0.647. The summed E-state index contributed by atoms with van der Waals surface area (Å²) >= 11 is 0. The zero-order valence-electron chi connectivity index (χ0n) is 13.6. The second kappa shape index (κ2) is 7.90. The number of piperazine rings is 1. The van der Waals surface area contributed by atoms with Crippen molar-refractivity contribution >= 4 is 0 Å². The molecule has 1 unspecified atom stereocenters. The van der Waals surface area contributed by atoms with Crippen molar-refractivity contribution in [3.8, 4) is 0 Å². The summed E-state index contributed by atoms with van der Waals surface area (Å²) in [5.74, 6) is 0. The number of aryl methyl sites for hydroxylation is 1. The summed E-state index contributed by atoms with van der Waals surface area (Å²) in [6.07, 6.45) is -0.375. The quantitative estimate of drug-likeness (QED) is 0.853. The lowest BCUT2D eigenvalue weighted by Crippen LogP contribution is -2.48. The van der Waals surface area contributed by atoms with Gasteiger partial charge in [-0.2, -0.15) is 0 Å². The van der Waals surface area contributed by atoms with Gasteiger partial charge < -0.3 is 10.0 Å². The molecule has 118 valence electrons. The van der Waals surface area contributed by atoms with Gasteiger partial charge in [-0.25, -0.2) is 0 Å². The molecule has 0 saturated carbocycles. The predicted molar refractivity (Wildman–Crippen MR) is 87.6 cm³/mol. The average Bonchev–Trinajstić information content (AvgIpc) is 2.47. The van der Waals surface area contributed by atoms with Crippen LogP contribution in [0.15, 0.2) is 24.3 Å². The molecule has 1 aliphatic rings. The molecule has 21 heavy (non-hydrogen) atoms. The lowest BCUT2D eigenvalue weighted by Gasteiger charge is -2.36. The van der Waals surface area contributed by atoms with Gasteiger partial charge in [0.05, 0.1) is 6.10 Å². The highest BCUT2D eigenvalue weighted by atomic mass is 16.3. The van der Waals surface area contributed by atoms with Gasteiger partial charge in [0, 0.05) is 45.8 Å². The van der Waals surface area contributed by atoms with Crippen LogP contribution in [0.4, 0.5) is 0 Å². The minimum atomic E-state index is -0.375. The van der Waals surface area contributed by atoms with E-state index in [0.29, 0.717) is 0 Å². The third kappa shape index (κ3) is 5.08. The van der Waals surface area contributed by atoms with Crippen LogP contribution < -0.4 is 0 Å². The molecule has 0 aromatic heterocycles. The fourth-order valence-electron chi connectivity index (χ4n) is 2.84. The van der Waals surface area contributed by atoms with E-state index in [1.165, 1.54) is 5.56 Å². The number of hydrogen-bond acceptors (Lipinski definition) is 4. The molecule has 1 atom stereocenters. The molecule has 2 rings (SSSR count). The van der Waals surface area contributed by atoms with Crippen LogP contribution in [0, 0.1) is 6.92 Å². The molecule has 4 heteroatoms. The van der Waals surface area contributed by atoms with E-state index in [1.54, 1.807) is 0 Å². The molecule has 1 aromatic rings. The van der Waals surface area contributed by atoms with E-state index >= 15 is 0 Å². The number of aliphatic hydroxyl groups excluding tert-OH is 1. The minimum Gasteiger partial charge on any atom is -0.387 e. The minimum absolute atomic E-state index is 0.375. The maximum absolute atomic E-state index is 10.4. The van der Waals surface area contributed by atoms with Crippen molar-refractivity contribution in [3.63, 3.8) is 0 Å². The van der Waals surface area contributed by atoms with Crippen molar-refractivity contribution in [1.29, 1.82) is 0 Å². The summed E-state index contributed by atoms with van der Waals surface area (Å²) in [4.78, 5) is 7.12. The Labute approximate surface area is 129 Å². The highest BCUT2D eigenvalue weighted by Crippen LogP contribution is 2.18. The van der Waals surface area contributed by atoms with E-state index in [2.05, 4.69) is 41.8 Å². The second-order valence-corrected chi connectivity index (χ2v) is 6.32. The normalized spacial score (nSPS) is 19.1. The first kappa shape index (κ1) is 16.4. The lowest BCUT2D eigenvalue weighted by molar-refractivity contribution is 0.0702. The standard InChI is InChI=1S/C17H29N3O/c1-15-6-4-5-7-16(15)17(21)14-20-12-10-19(11-13-20)9-8-18(2)3/h4-7,17,21H,8-14H2,1-3H3. The largest absolute Gasteiger partial charge is 0.387 e. The number of β-amino-alcohol motifs (C(OH)–C–C–N with tert-alkyl or cyclic N) is 1. The summed E-state index contributed by atoms with van der Waals surface area (Å²) < 4.78 is 0. The SMILES string of the molecule is Cc1ccccc1C(O)CN1CCN(CCN(C)C)CC1. The van der Waals surface area contributed by atoms with Crippen molar-refractivity contribution in [1.82, 2.24) is 14.7 Å². The Bertz CT molecular complexity index is 428. The number of nitrogens with zero attached hydrogens (tertiary/aromatic N) is 3. The molecule has 0 bridgehead atoms. The van der Waals surface area contributed by atoms with Crippen LogP contribution in [0.5, 0.6) is 0 Å². The Morgan fingerprint density at radius 2 is 1.71 bits per heavy atom. The monoisotopic (exact) mass is 291 g/mol. The third-order valence-electron chi connectivity index (χ3n) is 4.31. The van der Waals surface area contributed by atoms with E-state index < -0.39 is 0 Å². The highest BCUT2D eigenvalue weighted by Gasteiger charge is 2.20. The topological polar surface area (TPSA) is 30.0 Å². The zero-order chi connectivity index (χ0) is 15.2. The van der Waals surface area contributed by atoms with Crippen LogP contribution in [0.3, 0.4) is 0 Å². The van der Waals surface area contributed by atoms with Crippen molar-refractivity contribution < 1.29 is 5.11 Å². The molecular weight excluding hydrogens is 262 g/mol. The van der Waals surface area contributed by atoms with E-state index in [-0.39, 0.29) is 6.10 Å². The first-order valence-corrected chi connectivity index (χ1v) is 7.89. The van der Waals surface area contributed by atoms with E-state index in [4.69, 9.17) is 0 Å². The van der Waals surface area contributed by atoms with Crippen LogP contribution in [0.1, 0.15) is 17.2 Å². The van der Waals surface area contributed by atoms with Gasteiger partial charge in [0.25, 0.3) is 0 Å². The Kier molecular flexibility index (Phi) is 6.18. The van der Waals surface area contributed by atoms with Crippen LogP contribution in [-0.2, 0) is 0 Å². The Balaban J connectivity index is 1.77. The fourth-order valence-corrected chi connectivity index (χ4v) is 2.84. The molecule has 1 N–H and O–H groups in total. The molecular formula is C17H29N3O. The highest BCUT2D eigenvalue weighted by molar-refractivity contribution is 5.27. The van der Waals surface area contributed by atoms with Crippen LogP contribution in [-0.4, -0.2) is 79.7 Å². The molecule has 0 amide bonds. The van der Waals surface area contributed by atoms with Gasteiger partial charge in [-0.1, -0.05) is 24.3 Å². The average molecular weight is 291 g/mol. The summed E-state index contributed by atoms with van der Waals surface area (Å²) in [6.45, 7) is 9.38. The number of aliphatic hydroxyl groups is 1. The van der Waals surface area contributed by atoms with Crippen molar-refractivity contribution in [2.24, 2.45) is 0 Å². The smallest absolute Gasteiger partial charge is 0.0919 e. The van der Waals surface area contributed by atoms with Crippen molar-refractivity contribution in [2.45, 2.75) is 13.0 Å². The molecule has 0 radical (unpaired) electrons. The molecule has 1 aliphatic heterocycles. The first-order valence-electron chi connectivity index (χ1n) is 7.89. The van der Waals surface area contributed by atoms with Gasteiger partial charge in [0.1, 0.15) is 0 Å². The second-order valence-electron chi connectivity index (χ2n) is 6.32. The molecule has 1 aromatic carbocycles. The zero-order valence-corrected chi connectivity index (χ0v) is 13.6. The number of benzene rings is 1. The van der Waals surface area contributed by atoms with Crippen LogP contribution in [0.2, 0.25) is 0 Å². The van der Waals surface area contributed by atoms with Gasteiger partial charge in [-0.05, 0) is 32.1 Å². The van der Waals surface area contributed by atoms with Crippen molar-refractivity contribution in [3.05, 3.63) is 35.4 Å². The van der Waals surface area contributed by atoms with Crippen LogP contribution in [0.25, 0.3) is 0 Å². The van der Waals surface area contributed by atoms with Gasteiger partial charge in [0.15, 0.2) is 0 Å².